The minimum absolute atomic E-state index is 0.327. The molecule has 0 saturated heterocycles. The molecule has 12 heavy (non-hydrogen) atoms. The number of hydrogen-bond acceptors (Lipinski definition) is 3. The lowest BCUT2D eigenvalue weighted by atomic mass is 10.1. The molecular formula is C7H17N2O3+. The molecule has 0 aromatic rings. The number of nitrogens with two attached hydrogens (primary N) is 1. The quantitative estimate of drug-likeness (QED) is 0.455. The number of aliphatic carboxylic acids is 1. The van der Waals surface area contributed by atoms with Crippen molar-refractivity contribution in [3.63, 3.8) is 0 Å². The van der Waals surface area contributed by atoms with E-state index in [2.05, 4.69) is 0 Å². The lowest BCUT2D eigenvalue weighted by molar-refractivity contribution is -0.873. The van der Waals surface area contributed by atoms with Crippen LogP contribution < -0.4 is 5.73 Å². The van der Waals surface area contributed by atoms with Crippen LogP contribution in [0, 0.1) is 0 Å². The third-order valence-electron chi connectivity index (χ3n) is 1.43. The van der Waals surface area contributed by atoms with Gasteiger partial charge in [-0.15, -0.1) is 0 Å². The first kappa shape index (κ1) is 11.4. The molecule has 0 aliphatic heterocycles. The van der Waals surface area contributed by atoms with Crippen LogP contribution in [0.1, 0.15) is 0 Å². The molecule has 0 aromatic carbocycles. The van der Waals surface area contributed by atoms with Gasteiger partial charge in [0.05, 0.1) is 21.1 Å². The Morgan fingerprint density at radius 2 is 1.92 bits per heavy atom. The van der Waals surface area contributed by atoms with Gasteiger partial charge in [0.2, 0.25) is 0 Å². The van der Waals surface area contributed by atoms with Crippen LogP contribution in [-0.2, 0) is 4.79 Å². The number of nitrogens with zero attached hydrogens (tertiary/aromatic N) is 1. The molecule has 0 fully saturated rings. The smallest absolute Gasteiger partial charge is 0.323 e. The summed E-state index contributed by atoms with van der Waals surface area (Å²) in [6.07, 6.45) is -0.998. The maximum Gasteiger partial charge on any atom is 0.323 e. The van der Waals surface area contributed by atoms with Crippen molar-refractivity contribution in [2.75, 3.05) is 27.7 Å². The number of likely N-dealkylation sites (N-methyl/N-ethyl adjacent to an activating group) is 1. The molecule has 0 radical (unpaired) electrons. The van der Waals surface area contributed by atoms with Crippen molar-refractivity contribution in [1.82, 2.24) is 0 Å². The fourth-order valence-corrected chi connectivity index (χ4v) is 0.839. The molecule has 0 aromatic heterocycles. The molecule has 72 valence electrons. The zero-order chi connectivity index (χ0) is 9.94. The molecule has 5 heteroatoms. The number of hydrogen-bond donors (Lipinski definition) is 3. The zero-order valence-corrected chi connectivity index (χ0v) is 7.69. The SMILES string of the molecule is C[N+](C)(C)C[C@@H](O)C(N)C(=O)O. The van der Waals surface area contributed by atoms with Gasteiger partial charge >= 0.3 is 5.97 Å². The van der Waals surface area contributed by atoms with Gasteiger partial charge in [0, 0.05) is 0 Å². The number of rotatable bonds is 4. The number of quaternary nitrogens is 1. The Bertz CT molecular complexity index is 165. The van der Waals surface area contributed by atoms with E-state index in [1.54, 1.807) is 0 Å². The van der Waals surface area contributed by atoms with Crippen LogP contribution in [0.15, 0.2) is 0 Å². The summed E-state index contributed by atoms with van der Waals surface area (Å²) in [6.45, 7) is 0.327. The molecule has 0 heterocycles. The van der Waals surface area contributed by atoms with E-state index in [4.69, 9.17) is 10.8 Å². The summed E-state index contributed by atoms with van der Waals surface area (Å²) < 4.78 is 0.488. The van der Waals surface area contributed by atoms with E-state index in [9.17, 15) is 9.90 Å². The van der Waals surface area contributed by atoms with E-state index in [-0.39, 0.29) is 0 Å². The Hall–Kier alpha value is -0.650. The summed E-state index contributed by atoms with van der Waals surface area (Å²) in [5, 5.41) is 17.8. The predicted octanol–water partition coefficient (Wildman–Crippen LogP) is -1.53. The fourth-order valence-electron chi connectivity index (χ4n) is 0.839. The molecule has 0 aliphatic carbocycles. The lowest BCUT2D eigenvalue weighted by Gasteiger charge is -2.27. The van der Waals surface area contributed by atoms with Gasteiger partial charge in [-0.1, -0.05) is 0 Å². The molecule has 0 saturated carbocycles. The molecule has 0 spiro atoms. The van der Waals surface area contributed by atoms with Crippen molar-refractivity contribution in [3.8, 4) is 0 Å². The van der Waals surface area contributed by atoms with Crippen molar-refractivity contribution in [3.05, 3.63) is 0 Å². The number of carboxylic acid groups (broad SMARTS) is 1. The molecule has 0 rings (SSSR count). The summed E-state index contributed by atoms with van der Waals surface area (Å²) in [5.74, 6) is -1.17. The monoisotopic (exact) mass is 177 g/mol. The van der Waals surface area contributed by atoms with Crippen LogP contribution in [0.5, 0.6) is 0 Å². The van der Waals surface area contributed by atoms with Crippen molar-refractivity contribution in [2.45, 2.75) is 12.1 Å². The minimum Gasteiger partial charge on any atom is -0.480 e. The molecule has 5 nitrogen and oxygen atoms in total. The number of aliphatic hydroxyl groups is 1. The largest absolute Gasteiger partial charge is 0.480 e. The Morgan fingerprint density at radius 1 is 1.50 bits per heavy atom. The van der Waals surface area contributed by atoms with E-state index in [1.807, 2.05) is 21.1 Å². The maximum absolute atomic E-state index is 10.3. The first-order chi connectivity index (χ1) is 5.24. The van der Waals surface area contributed by atoms with E-state index in [0.717, 1.165) is 0 Å². The van der Waals surface area contributed by atoms with Crippen LogP contribution >= 0.6 is 0 Å². The van der Waals surface area contributed by atoms with E-state index in [1.165, 1.54) is 0 Å². The van der Waals surface area contributed by atoms with E-state index >= 15 is 0 Å². The van der Waals surface area contributed by atoms with Gasteiger partial charge in [-0.3, -0.25) is 4.79 Å². The van der Waals surface area contributed by atoms with Crippen LogP contribution in [0.3, 0.4) is 0 Å². The van der Waals surface area contributed by atoms with Gasteiger partial charge in [0.15, 0.2) is 0 Å². The molecule has 2 atom stereocenters. The third-order valence-corrected chi connectivity index (χ3v) is 1.43. The van der Waals surface area contributed by atoms with Crippen molar-refractivity contribution in [1.29, 1.82) is 0 Å². The number of carbonyl (C=O) groups is 1. The fraction of sp³-hybridized carbons (Fsp3) is 0.857. The summed E-state index contributed by atoms with van der Waals surface area (Å²) in [4.78, 5) is 10.3. The molecular weight excluding hydrogens is 160 g/mol. The molecule has 0 bridgehead atoms. The summed E-state index contributed by atoms with van der Waals surface area (Å²) in [6, 6.07) is -1.19. The molecule has 4 N–H and O–H groups in total. The lowest BCUT2D eigenvalue weighted by Crippen LogP contribution is -2.51. The second-order valence-electron chi connectivity index (χ2n) is 3.90. The highest BCUT2D eigenvalue weighted by Gasteiger charge is 2.26. The number of carboxylic acids is 1. The minimum atomic E-state index is -1.19. The van der Waals surface area contributed by atoms with Gasteiger partial charge in [-0.2, -0.15) is 0 Å². The topological polar surface area (TPSA) is 83.5 Å². The van der Waals surface area contributed by atoms with Crippen LogP contribution in [0.25, 0.3) is 0 Å². The Morgan fingerprint density at radius 3 is 2.17 bits per heavy atom. The van der Waals surface area contributed by atoms with Gasteiger partial charge in [0.1, 0.15) is 18.7 Å². The highest BCUT2D eigenvalue weighted by atomic mass is 16.4. The molecule has 0 aliphatic rings. The Labute approximate surface area is 72.0 Å². The second kappa shape index (κ2) is 3.84. The Balaban J connectivity index is 4.04. The summed E-state index contributed by atoms with van der Waals surface area (Å²) in [7, 11) is 5.58. The second-order valence-corrected chi connectivity index (χ2v) is 3.90. The standard InChI is InChI=1S/C7H16N2O3/c1-9(2,3)4-5(10)6(8)7(11)12/h5-6,10H,4,8H2,1-3H3/p+1/t5-,6?/m1/s1. The van der Waals surface area contributed by atoms with Gasteiger partial charge in [-0.25, -0.2) is 0 Å². The van der Waals surface area contributed by atoms with Gasteiger partial charge < -0.3 is 20.4 Å². The van der Waals surface area contributed by atoms with Gasteiger partial charge in [0.25, 0.3) is 0 Å². The highest BCUT2D eigenvalue weighted by Crippen LogP contribution is 1.98. The average Bonchev–Trinajstić information content (AvgIpc) is 1.82. The highest BCUT2D eigenvalue weighted by molar-refractivity contribution is 5.73. The average molecular weight is 177 g/mol. The first-order valence-corrected chi connectivity index (χ1v) is 3.71. The Kier molecular flexibility index (Phi) is 3.63. The predicted molar refractivity (Wildman–Crippen MR) is 44.5 cm³/mol. The van der Waals surface area contributed by atoms with Gasteiger partial charge in [-0.05, 0) is 0 Å². The van der Waals surface area contributed by atoms with Crippen molar-refractivity contribution in [2.24, 2.45) is 5.73 Å². The third kappa shape index (κ3) is 4.27. The van der Waals surface area contributed by atoms with E-state index < -0.39 is 18.1 Å². The van der Waals surface area contributed by atoms with Crippen LogP contribution in [-0.4, -0.2) is 60.5 Å². The molecule has 1 unspecified atom stereocenters. The maximum atomic E-state index is 10.3. The molecule has 0 amide bonds. The number of aliphatic hydroxyl groups excluding tert-OH is 1. The summed E-state index contributed by atoms with van der Waals surface area (Å²) >= 11 is 0. The summed E-state index contributed by atoms with van der Waals surface area (Å²) in [5.41, 5.74) is 5.21. The first-order valence-electron chi connectivity index (χ1n) is 3.71. The van der Waals surface area contributed by atoms with Crippen molar-refractivity contribution >= 4 is 5.97 Å². The zero-order valence-electron chi connectivity index (χ0n) is 7.69. The van der Waals surface area contributed by atoms with Crippen molar-refractivity contribution < 1.29 is 19.5 Å². The van der Waals surface area contributed by atoms with Crippen LogP contribution in [0.2, 0.25) is 0 Å². The van der Waals surface area contributed by atoms with E-state index in [0.29, 0.717) is 11.0 Å². The van der Waals surface area contributed by atoms with Crippen LogP contribution in [0.4, 0.5) is 0 Å². The normalized spacial score (nSPS) is 17.1.